The van der Waals surface area contributed by atoms with Crippen LogP contribution in [-0.2, 0) is 22.6 Å². The first-order chi connectivity index (χ1) is 16.9. The van der Waals surface area contributed by atoms with E-state index in [2.05, 4.69) is 69.0 Å². The van der Waals surface area contributed by atoms with Gasteiger partial charge in [-0.2, -0.15) is 0 Å². The van der Waals surface area contributed by atoms with E-state index in [9.17, 15) is 9.59 Å². The van der Waals surface area contributed by atoms with Crippen molar-refractivity contribution >= 4 is 23.2 Å². The molecule has 35 heavy (non-hydrogen) atoms. The number of nitrogens with zero attached hydrogens (tertiary/aromatic N) is 2. The van der Waals surface area contributed by atoms with Crippen LogP contribution in [-0.4, -0.2) is 51.0 Å². The van der Waals surface area contributed by atoms with E-state index in [0.29, 0.717) is 18.0 Å². The summed E-state index contributed by atoms with van der Waals surface area (Å²) in [6.45, 7) is 2.00. The maximum atomic E-state index is 12.7. The van der Waals surface area contributed by atoms with E-state index in [1.807, 2.05) is 14.1 Å². The Kier molecular flexibility index (Phi) is 7.67. The first-order valence-electron chi connectivity index (χ1n) is 11.8. The number of nitrogens with one attached hydrogen (secondary N) is 2. The lowest BCUT2D eigenvalue weighted by Crippen LogP contribution is -2.43. The molecule has 0 spiro atoms. The number of hydrogen-bond donors (Lipinski definition) is 2. The van der Waals surface area contributed by atoms with Crippen LogP contribution < -0.4 is 20.3 Å². The summed E-state index contributed by atoms with van der Waals surface area (Å²) in [4.78, 5) is 29.6. The molecule has 0 aliphatic carbocycles. The molecule has 0 saturated heterocycles. The van der Waals surface area contributed by atoms with Gasteiger partial charge in [0, 0.05) is 51.2 Å². The average molecular weight is 473 g/mol. The lowest BCUT2D eigenvalue weighted by molar-refractivity contribution is -0.136. The van der Waals surface area contributed by atoms with E-state index in [1.165, 1.54) is 11.1 Å². The molecule has 1 heterocycles. The molecule has 182 valence electrons. The van der Waals surface area contributed by atoms with Gasteiger partial charge < -0.3 is 20.3 Å². The lowest BCUT2D eigenvalue weighted by atomic mass is 9.96. The van der Waals surface area contributed by atoms with Gasteiger partial charge >= 0.3 is 11.8 Å². The molecule has 0 radical (unpaired) electrons. The molecule has 0 bridgehead atoms. The van der Waals surface area contributed by atoms with Gasteiger partial charge in [-0.05, 0) is 47.4 Å². The van der Waals surface area contributed by atoms with Crippen molar-refractivity contribution in [3.8, 4) is 5.75 Å². The Bertz CT molecular complexity index is 1180. The molecule has 3 aromatic rings. The third-order valence-corrected chi connectivity index (χ3v) is 6.39. The van der Waals surface area contributed by atoms with Gasteiger partial charge in [-0.15, -0.1) is 0 Å². The largest absolute Gasteiger partial charge is 0.497 e. The number of ether oxygens (including phenoxy) is 1. The minimum absolute atomic E-state index is 0.0619. The molecular formula is C28H32N4O3. The van der Waals surface area contributed by atoms with E-state index < -0.39 is 11.8 Å². The van der Waals surface area contributed by atoms with Gasteiger partial charge in [-0.25, -0.2) is 0 Å². The van der Waals surface area contributed by atoms with Crippen molar-refractivity contribution in [3.05, 3.63) is 89.5 Å². The molecular weight excluding hydrogens is 440 g/mol. The van der Waals surface area contributed by atoms with Crippen LogP contribution in [0.25, 0.3) is 0 Å². The zero-order valence-electron chi connectivity index (χ0n) is 20.5. The summed E-state index contributed by atoms with van der Waals surface area (Å²) < 4.78 is 5.18. The maximum absolute atomic E-state index is 12.7. The zero-order valence-corrected chi connectivity index (χ0v) is 20.5. The second-order valence-electron chi connectivity index (χ2n) is 8.89. The standard InChI is InChI=1S/C28H32N4O3/c1-31(2)24-13-11-21(12-14-24)26(32-16-15-20-7-4-5-8-22(20)19-32)18-29-27(33)28(34)30-23-9-6-10-25(17-23)35-3/h4-14,17,26H,15-16,18-19H2,1-3H3,(H,29,33)(H,30,34)/t26-/m1/s1. The Morgan fingerprint density at radius 3 is 2.43 bits per heavy atom. The Balaban J connectivity index is 1.48. The smallest absolute Gasteiger partial charge is 0.313 e. The summed E-state index contributed by atoms with van der Waals surface area (Å²) in [6, 6.07) is 23.7. The molecule has 2 amide bonds. The first-order valence-corrected chi connectivity index (χ1v) is 11.8. The molecule has 2 N–H and O–H groups in total. The molecule has 0 saturated carbocycles. The summed E-state index contributed by atoms with van der Waals surface area (Å²) >= 11 is 0. The van der Waals surface area contributed by atoms with Crippen LogP contribution in [0.1, 0.15) is 22.7 Å². The van der Waals surface area contributed by atoms with Crippen molar-refractivity contribution in [1.82, 2.24) is 10.2 Å². The summed E-state index contributed by atoms with van der Waals surface area (Å²) in [5.41, 5.74) is 5.39. The highest BCUT2D eigenvalue weighted by Gasteiger charge is 2.26. The highest BCUT2D eigenvalue weighted by atomic mass is 16.5. The van der Waals surface area contributed by atoms with Crippen molar-refractivity contribution in [2.24, 2.45) is 0 Å². The van der Waals surface area contributed by atoms with Crippen molar-refractivity contribution in [2.75, 3.05) is 44.5 Å². The first kappa shape index (κ1) is 24.3. The van der Waals surface area contributed by atoms with Crippen molar-refractivity contribution in [1.29, 1.82) is 0 Å². The van der Waals surface area contributed by atoms with Gasteiger partial charge in [-0.3, -0.25) is 14.5 Å². The predicted molar refractivity (Wildman–Crippen MR) is 139 cm³/mol. The van der Waals surface area contributed by atoms with Crippen LogP contribution in [0.2, 0.25) is 0 Å². The van der Waals surface area contributed by atoms with Crippen LogP contribution in [0.4, 0.5) is 11.4 Å². The topological polar surface area (TPSA) is 73.9 Å². The van der Waals surface area contributed by atoms with Crippen LogP contribution in [0, 0.1) is 0 Å². The number of fused-ring (bicyclic) bond motifs is 1. The molecule has 0 unspecified atom stereocenters. The van der Waals surface area contributed by atoms with E-state index >= 15 is 0 Å². The molecule has 7 nitrogen and oxygen atoms in total. The van der Waals surface area contributed by atoms with Gasteiger partial charge in [0.1, 0.15) is 5.75 Å². The van der Waals surface area contributed by atoms with Crippen LogP contribution in [0.3, 0.4) is 0 Å². The minimum atomic E-state index is -0.705. The summed E-state index contributed by atoms with van der Waals surface area (Å²) in [5.74, 6) is -0.765. The Labute approximate surface area is 206 Å². The molecule has 1 atom stereocenters. The second kappa shape index (κ2) is 11.1. The molecule has 4 rings (SSSR count). The van der Waals surface area contributed by atoms with E-state index in [0.717, 1.165) is 30.8 Å². The van der Waals surface area contributed by atoms with Gasteiger partial charge in [-0.1, -0.05) is 42.5 Å². The quantitative estimate of drug-likeness (QED) is 0.514. The molecule has 0 aromatic heterocycles. The fourth-order valence-electron chi connectivity index (χ4n) is 4.39. The van der Waals surface area contributed by atoms with Crippen molar-refractivity contribution < 1.29 is 14.3 Å². The Hall–Kier alpha value is -3.84. The predicted octanol–water partition coefficient (Wildman–Crippen LogP) is 3.62. The number of benzene rings is 3. The van der Waals surface area contributed by atoms with Gasteiger partial charge in [0.25, 0.3) is 0 Å². The summed E-state index contributed by atoms with van der Waals surface area (Å²) in [6.07, 6.45) is 0.951. The van der Waals surface area contributed by atoms with Crippen molar-refractivity contribution in [3.63, 3.8) is 0 Å². The van der Waals surface area contributed by atoms with E-state index in [1.54, 1.807) is 31.4 Å². The molecule has 1 aliphatic rings. The fraction of sp³-hybridized carbons (Fsp3) is 0.286. The van der Waals surface area contributed by atoms with E-state index in [-0.39, 0.29) is 6.04 Å². The number of carbonyl (C=O) groups is 2. The number of anilines is 2. The van der Waals surface area contributed by atoms with Crippen LogP contribution in [0.5, 0.6) is 5.75 Å². The zero-order chi connectivity index (χ0) is 24.8. The van der Waals surface area contributed by atoms with Gasteiger partial charge in [0.15, 0.2) is 0 Å². The second-order valence-corrected chi connectivity index (χ2v) is 8.89. The Morgan fingerprint density at radius 1 is 0.971 bits per heavy atom. The summed E-state index contributed by atoms with van der Waals surface area (Å²) in [5, 5.41) is 5.50. The molecule has 0 fully saturated rings. The van der Waals surface area contributed by atoms with Crippen molar-refractivity contribution in [2.45, 2.75) is 19.0 Å². The molecule has 7 heteroatoms. The van der Waals surface area contributed by atoms with E-state index in [4.69, 9.17) is 4.74 Å². The third kappa shape index (κ3) is 6.00. The van der Waals surface area contributed by atoms with Crippen LogP contribution >= 0.6 is 0 Å². The lowest BCUT2D eigenvalue weighted by Gasteiger charge is -2.36. The highest BCUT2D eigenvalue weighted by molar-refractivity contribution is 6.39. The monoisotopic (exact) mass is 472 g/mol. The average Bonchev–Trinajstić information content (AvgIpc) is 2.89. The third-order valence-electron chi connectivity index (χ3n) is 6.39. The number of methoxy groups -OCH3 is 1. The number of hydrogen-bond acceptors (Lipinski definition) is 5. The fourth-order valence-corrected chi connectivity index (χ4v) is 4.39. The maximum Gasteiger partial charge on any atom is 0.313 e. The van der Waals surface area contributed by atoms with Gasteiger partial charge in [0.2, 0.25) is 0 Å². The minimum Gasteiger partial charge on any atom is -0.497 e. The molecule has 3 aromatic carbocycles. The number of rotatable bonds is 7. The molecule has 1 aliphatic heterocycles. The Morgan fingerprint density at radius 2 is 1.71 bits per heavy atom. The highest BCUT2D eigenvalue weighted by Crippen LogP contribution is 2.29. The SMILES string of the molecule is COc1cccc(NC(=O)C(=O)NC[C@H](c2ccc(N(C)C)cc2)N2CCc3ccccc3C2)c1. The van der Waals surface area contributed by atoms with Gasteiger partial charge in [0.05, 0.1) is 13.2 Å². The number of carbonyl (C=O) groups excluding carboxylic acids is 2. The normalized spacial score (nSPS) is 13.9. The summed E-state index contributed by atoms with van der Waals surface area (Å²) in [7, 11) is 5.57. The number of amides is 2. The van der Waals surface area contributed by atoms with Crippen LogP contribution in [0.15, 0.2) is 72.8 Å².